The minimum Gasteiger partial charge on any atom is -0.457 e. The highest BCUT2D eigenvalue weighted by molar-refractivity contribution is 5.97. The van der Waals surface area contributed by atoms with E-state index < -0.39 is 11.0 Å². The van der Waals surface area contributed by atoms with Crippen LogP contribution in [-0.4, -0.2) is 28.1 Å². The predicted octanol–water partition coefficient (Wildman–Crippen LogP) is 3.42. The van der Waals surface area contributed by atoms with Crippen molar-refractivity contribution in [1.82, 2.24) is 5.32 Å². The SMILES string of the molecule is O=C(NC1CCCCC1O)c1ccccc1Oc1ccc([N+](=O)[O-])cc1. The number of amides is 1. The van der Waals surface area contributed by atoms with Crippen molar-refractivity contribution < 1.29 is 19.6 Å². The molecule has 2 unspecified atom stereocenters. The summed E-state index contributed by atoms with van der Waals surface area (Å²) in [6.07, 6.45) is 2.84. The van der Waals surface area contributed by atoms with Crippen LogP contribution < -0.4 is 10.1 Å². The van der Waals surface area contributed by atoms with Crippen molar-refractivity contribution in [3.8, 4) is 11.5 Å². The van der Waals surface area contributed by atoms with Gasteiger partial charge in [0.2, 0.25) is 0 Å². The summed E-state index contributed by atoms with van der Waals surface area (Å²) in [5.41, 5.74) is 0.318. The standard InChI is InChI=1S/C19H20N2O5/c22-17-7-3-2-6-16(17)20-19(23)15-5-1-4-8-18(15)26-14-11-9-13(10-12-14)21(24)25/h1,4-5,8-12,16-17,22H,2-3,6-7H2,(H,20,23). The summed E-state index contributed by atoms with van der Waals surface area (Å²) in [7, 11) is 0. The molecule has 2 N–H and O–H groups in total. The van der Waals surface area contributed by atoms with Gasteiger partial charge in [0.1, 0.15) is 11.5 Å². The molecule has 0 spiro atoms. The van der Waals surface area contributed by atoms with Crippen LogP contribution in [0.1, 0.15) is 36.0 Å². The van der Waals surface area contributed by atoms with E-state index >= 15 is 0 Å². The molecule has 0 saturated heterocycles. The van der Waals surface area contributed by atoms with Gasteiger partial charge in [0.15, 0.2) is 0 Å². The lowest BCUT2D eigenvalue weighted by molar-refractivity contribution is -0.384. The topological polar surface area (TPSA) is 102 Å². The van der Waals surface area contributed by atoms with E-state index in [9.17, 15) is 20.0 Å². The minimum absolute atomic E-state index is 0.0327. The number of hydrogen-bond donors (Lipinski definition) is 2. The Balaban J connectivity index is 1.75. The number of para-hydroxylation sites is 1. The lowest BCUT2D eigenvalue weighted by Crippen LogP contribution is -2.45. The third-order valence-electron chi connectivity index (χ3n) is 4.45. The molecule has 0 aromatic heterocycles. The Morgan fingerprint density at radius 1 is 1.12 bits per heavy atom. The molecule has 1 saturated carbocycles. The number of aliphatic hydroxyl groups is 1. The maximum absolute atomic E-state index is 12.6. The number of nitrogens with zero attached hydrogens (tertiary/aromatic N) is 1. The summed E-state index contributed by atoms with van der Waals surface area (Å²) in [4.78, 5) is 22.9. The summed E-state index contributed by atoms with van der Waals surface area (Å²) in [6, 6.07) is 12.2. The second-order valence-electron chi connectivity index (χ2n) is 6.28. The molecule has 1 aliphatic carbocycles. The highest BCUT2D eigenvalue weighted by Crippen LogP contribution is 2.27. The van der Waals surface area contributed by atoms with Crippen molar-refractivity contribution in [2.75, 3.05) is 0 Å². The first-order valence-corrected chi connectivity index (χ1v) is 8.55. The minimum atomic E-state index is -0.532. The van der Waals surface area contributed by atoms with E-state index in [0.717, 1.165) is 19.3 Å². The van der Waals surface area contributed by atoms with Gasteiger partial charge in [-0.2, -0.15) is 0 Å². The lowest BCUT2D eigenvalue weighted by Gasteiger charge is -2.28. The molecule has 0 aliphatic heterocycles. The number of nitro groups is 1. The molecule has 0 heterocycles. The number of nitrogens with one attached hydrogen (secondary N) is 1. The number of carbonyl (C=O) groups excluding carboxylic acids is 1. The first-order chi connectivity index (χ1) is 12.5. The molecule has 0 bridgehead atoms. The molecule has 1 fully saturated rings. The van der Waals surface area contributed by atoms with Gasteiger partial charge in [-0.15, -0.1) is 0 Å². The van der Waals surface area contributed by atoms with Crippen molar-refractivity contribution >= 4 is 11.6 Å². The van der Waals surface area contributed by atoms with Gasteiger partial charge in [0.25, 0.3) is 11.6 Å². The molecule has 2 aromatic rings. The van der Waals surface area contributed by atoms with Crippen molar-refractivity contribution in [2.45, 2.75) is 37.8 Å². The summed E-state index contributed by atoms with van der Waals surface area (Å²) in [5.74, 6) is 0.436. The van der Waals surface area contributed by atoms with Crippen LogP contribution in [0.4, 0.5) is 5.69 Å². The molecule has 3 rings (SSSR count). The zero-order valence-corrected chi connectivity index (χ0v) is 14.1. The molecule has 7 heteroatoms. The zero-order valence-electron chi connectivity index (χ0n) is 14.1. The maximum Gasteiger partial charge on any atom is 0.269 e. The fourth-order valence-corrected chi connectivity index (χ4v) is 3.03. The number of nitro benzene ring substituents is 1. The second-order valence-corrected chi connectivity index (χ2v) is 6.28. The second kappa shape index (κ2) is 7.97. The lowest BCUT2D eigenvalue weighted by atomic mass is 9.92. The van der Waals surface area contributed by atoms with E-state index in [1.54, 1.807) is 24.3 Å². The summed E-state index contributed by atoms with van der Waals surface area (Å²) >= 11 is 0. The number of rotatable bonds is 5. The normalized spacial score (nSPS) is 19.6. The molecule has 0 radical (unpaired) electrons. The monoisotopic (exact) mass is 356 g/mol. The predicted molar refractivity (Wildman–Crippen MR) is 95.3 cm³/mol. The van der Waals surface area contributed by atoms with Gasteiger partial charge in [-0.3, -0.25) is 14.9 Å². The first kappa shape index (κ1) is 17.9. The van der Waals surface area contributed by atoms with Crippen LogP contribution in [0.5, 0.6) is 11.5 Å². The summed E-state index contributed by atoms with van der Waals surface area (Å²) < 4.78 is 5.74. The van der Waals surface area contributed by atoms with Gasteiger partial charge in [-0.1, -0.05) is 25.0 Å². The molecule has 136 valence electrons. The van der Waals surface area contributed by atoms with E-state index in [0.29, 0.717) is 23.5 Å². The van der Waals surface area contributed by atoms with Gasteiger partial charge >= 0.3 is 0 Å². The average molecular weight is 356 g/mol. The Labute approximate surface area is 150 Å². The van der Waals surface area contributed by atoms with Gasteiger partial charge in [-0.25, -0.2) is 0 Å². The highest BCUT2D eigenvalue weighted by Gasteiger charge is 2.25. The van der Waals surface area contributed by atoms with E-state index in [1.807, 2.05) is 0 Å². The molecular formula is C19H20N2O5. The van der Waals surface area contributed by atoms with Crippen LogP contribution in [0.15, 0.2) is 48.5 Å². The summed E-state index contributed by atoms with van der Waals surface area (Å²) in [6.45, 7) is 0. The molecular weight excluding hydrogens is 336 g/mol. The van der Waals surface area contributed by atoms with Gasteiger partial charge < -0.3 is 15.2 Å². The number of benzene rings is 2. The molecule has 2 atom stereocenters. The van der Waals surface area contributed by atoms with Crippen molar-refractivity contribution in [3.05, 3.63) is 64.2 Å². The van der Waals surface area contributed by atoms with E-state index in [4.69, 9.17) is 4.74 Å². The number of hydrogen-bond acceptors (Lipinski definition) is 5. The Morgan fingerprint density at radius 2 is 1.81 bits per heavy atom. The van der Waals surface area contributed by atoms with Gasteiger partial charge in [0.05, 0.1) is 22.6 Å². The van der Waals surface area contributed by atoms with Crippen molar-refractivity contribution in [1.29, 1.82) is 0 Å². The van der Waals surface area contributed by atoms with Crippen LogP contribution in [0.25, 0.3) is 0 Å². The third-order valence-corrected chi connectivity index (χ3v) is 4.45. The fourth-order valence-electron chi connectivity index (χ4n) is 3.03. The Morgan fingerprint density at radius 3 is 2.50 bits per heavy atom. The number of aliphatic hydroxyl groups excluding tert-OH is 1. The van der Waals surface area contributed by atoms with E-state index in [2.05, 4.69) is 5.32 Å². The zero-order chi connectivity index (χ0) is 18.5. The van der Waals surface area contributed by atoms with Crippen LogP contribution in [-0.2, 0) is 0 Å². The van der Waals surface area contributed by atoms with Crippen molar-refractivity contribution in [3.63, 3.8) is 0 Å². The molecule has 1 amide bonds. The third kappa shape index (κ3) is 4.18. The van der Waals surface area contributed by atoms with Crippen LogP contribution >= 0.6 is 0 Å². The Bertz CT molecular complexity index is 791. The Hall–Kier alpha value is -2.93. The van der Waals surface area contributed by atoms with Crippen molar-refractivity contribution in [2.24, 2.45) is 0 Å². The van der Waals surface area contributed by atoms with Gasteiger partial charge in [0, 0.05) is 12.1 Å². The molecule has 1 aliphatic rings. The van der Waals surface area contributed by atoms with Crippen LogP contribution in [0, 0.1) is 10.1 Å². The maximum atomic E-state index is 12.6. The van der Waals surface area contributed by atoms with Crippen LogP contribution in [0.3, 0.4) is 0 Å². The largest absolute Gasteiger partial charge is 0.457 e. The van der Waals surface area contributed by atoms with Gasteiger partial charge in [-0.05, 0) is 37.1 Å². The first-order valence-electron chi connectivity index (χ1n) is 8.55. The Kier molecular flexibility index (Phi) is 5.48. The fraction of sp³-hybridized carbons (Fsp3) is 0.316. The number of ether oxygens (including phenoxy) is 1. The summed E-state index contributed by atoms with van der Waals surface area (Å²) in [5, 5.41) is 23.6. The molecule has 2 aromatic carbocycles. The van der Waals surface area contributed by atoms with E-state index in [-0.39, 0.29) is 17.6 Å². The van der Waals surface area contributed by atoms with E-state index in [1.165, 1.54) is 24.3 Å². The number of carbonyl (C=O) groups is 1. The quantitative estimate of drug-likeness (QED) is 0.631. The highest BCUT2D eigenvalue weighted by atomic mass is 16.6. The smallest absolute Gasteiger partial charge is 0.269 e. The average Bonchev–Trinajstić information content (AvgIpc) is 2.64. The number of non-ortho nitro benzene ring substituents is 1. The molecule has 26 heavy (non-hydrogen) atoms. The molecule has 7 nitrogen and oxygen atoms in total. The van der Waals surface area contributed by atoms with Crippen LogP contribution in [0.2, 0.25) is 0 Å².